The third-order valence-corrected chi connectivity index (χ3v) is 14.4. The van der Waals surface area contributed by atoms with Gasteiger partial charge in [-0.25, -0.2) is 14.5 Å². The molecule has 5 aromatic carbocycles. The molecular formula is C57H58N4O12. The first kappa shape index (κ1) is 50.2. The summed E-state index contributed by atoms with van der Waals surface area (Å²) in [6.45, 7) is 3.16. The largest absolute Gasteiger partial charge is 0.493 e. The van der Waals surface area contributed by atoms with Gasteiger partial charge >= 0.3 is 18.0 Å². The van der Waals surface area contributed by atoms with Gasteiger partial charge in [0, 0.05) is 25.1 Å². The lowest BCUT2D eigenvalue weighted by Gasteiger charge is -2.46. The van der Waals surface area contributed by atoms with Crippen LogP contribution < -0.4 is 24.4 Å². The van der Waals surface area contributed by atoms with E-state index in [9.17, 15) is 15.0 Å². The van der Waals surface area contributed by atoms with Crippen molar-refractivity contribution in [1.29, 1.82) is 0 Å². The highest BCUT2D eigenvalue weighted by molar-refractivity contribution is 6.25. The van der Waals surface area contributed by atoms with Crippen LogP contribution in [0, 0.1) is 23.7 Å². The fourth-order valence-electron chi connectivity index (χ4n) is 11.2. The number of anilines is 1. The highest BCUT2D eigenvalue weighted by atomic mass is 16.6. The monoisotopic (exact) mass is 990 g/mol. The molecule has 4 aliphatic heterocycles. The molecule has 2 fully saturated rings. The van der Waals surface area contributed by atoms with Gasteiger partial charge in [-0.05, 0) is 88.2 Å². The zero-order valence-corrected chi connectivity index (χ0v) is 41.3. The Morgan fingerprint density at radius 3 is 2.15 bits per heavy atom. The van der Waals surface area contributed by atoms with Gasteiger partial charge in [0.2, 0.25) is 11.8 Å². The van der Waals surface area contributed by atoms with Crippen molar-refractivity contribution in [2.75, 3.05) is 52.6 Å². The van der Waals surface area contributed by atoms with Crippen LogP contribution in [0.5, 0.6) is 17.2 Å². The van der Waals surface area contributed by atoms with E-state index in [0.29, 0.717) is 45.9 Å². The number of imide groups is 1. The predicted molar refractivity (Wildman–Crippen MR) is 267 cm³/mol. The number of urea groups is 1. The van der Waals surface area contributed by atoms with E-state index in [2.05, 4.69) is 17.2 Å². The number of fused-ring (bicyclic) bond motifs is 4. The molecule has 0 aromatic heterocycles. The van der Waals surface area contributed by atoms with E-state index in [1.54, 1.807) is 68.3 Å². The van der Waals surface area contributed by atoms with Gasteiger partial charge in [-0.1, -0.05) is 98.5 Å². The summed E-state index contributed by atoms with van der Waals surface area (Å²) in [6, 6.07) is 28.6. The molecule has 0 saturated carbocycles. The standard InChI is InChI=1S/C57H58N4O12/c1-34(2)47(53(65)71-5)58-56(68)60-43-23-22-35(15-12-13-26-62)29-42(43)57(55(60)67)46(52(64)59-25-24-38-31-44(69-3)45(70-4)32-40(38)33-59)49-54(66)73-50(37-18-10-7-11-19-37)48(36-16-8-6-9-17-36)61(49)51(57)39-20-14-21-41(30-39)72-28-27-63/h6-11,14,16-23,29-32,34,46-51,62-63H,13,24-28,33H2,1-5H3,(H,58,68)/t46-,47+,48-,49-,50+,51+,57-/m1/s1. The molecule has 0 unspecified atom stereocenters. The minimum atomic E-state index is -2.15. The van der Waals surface area contributed by atoms with Crippen molar-refractivity contribution in [2.45, 2.75) is 68.9 Å². The molecule has 0 bridgehead atoms. The van der Waals surface area contributed by atoms with Crippen LogP contribution in [0.4, 0.5) is 10.5 Å². The van der Waals surface area contributed by atoms with Crippen LogP contribution in [0.15, 0.2) is 115 Å². The summed E-state index contributed by atoms with van der Waals surface area (Å²) in [4.78, 5) is 82.1. The van der Waals surface area contributed by atoms with Gasteiger partial charge in [-0.15, -0.1) is 0 Å². The second-order valence-electron chi connectivity index (χ2n) is 18.7. The summed E-state index contributed by atoms with van der Waals surface area (Å²) in [5.41, 5.74) is 2.10. The number of methoxy groups -OCH3 is 3. The molecule has 7 atom stereocenters. The van der Waals surface area contributed by atoms with Crippen molar-refractivity contribution in [2.24, 2.45) is 11.8 Å². The summed E-state index contributed by atoms with van der Waals surface area (Å²) in [5.74, 6) is 2.43. The van der Waals surface area contributed by atoms with Crippen molar-refractivity contribution >= 4 is 35.5 Å². The number of nitrogens with zero attached hydrogens (tertiary/aromatic N) is 3. The molecular weight excluding hydrogens is 933 g/mol. The van der Waals surface area contributed by atoms with Crippen LogP contribution in [0.3, 0.4) is 0 Å². The maximum Gasteiger partial charge on any atom is 0.329 e. The molecule has 4 aliphatic rings. The van der Waals surface area contributed by atoms with Crippen LogP contribution in [0.2, 0.25) is 0 Å². The topological polar surface area (TPSA) is 194 Å². The number of nitrogens with one attached hydrogen (secondary N) is 1. The number of amides is 4. The lowest BCUT2D eigenvalue weighted by Crippen LogP contribution is -2.58. The number of benzene rings is 5. The fourth-order valence-corrected chi connectivity index (χ4v) is 11.2. The number of hydrogen-bond donors (Lipinski definition) is 3. The van der Waals surface area contributed by atoms with E-state index in [4.69, 9.17) is 23.7 Å². The smallest absolute Gasteiger partial charge is 0.329 e. The van der Waals surface area contributed by atoms with Crippen molar-refractivity contribution in [3.8, 4) is 29.1 Å². The molecule has 4 amide bonds. The van der Waals surface area contributed by atoms with Crippen molar-refractivity contribution in [1.82, 2.24) is 15.1 Å². The number of aliphatic hydroxyl groups excluding tert-OH is 2. The molecule has 5 aromatic rings. The van der Waals surface area contributed by atoms with Crippen LogP contribution in [0.25, 0.3) is 0 Å². The Hall–Kier alpha value is -7.71. The average Bonchev–Trinajstić information content (AvgIpc) is 3.91. The fraction of sp³-hybridized carbons (Fsp3) is 0.351. The quantitative estimate of drug-likeness (QED) is 0.0925. The second kappa shape index (κ2) is 21.2. The maximum absolute atomic E-state index is 16.9. The minimum absolute atomic E-state index is 0.0579. The van der Waals surface area contributed by atoms with Gasteiger partial charge < -0.3 is 44.1 Å². The predicted octanol–water partition coefficient (Wildman–Crippen LogP) is 5.97. The lowest BCUT2D eigenvalue weighted by molar-refractivity contribution is -0.179. The number of morpholine rings is 1. The minimum Gasteiger partial charge on any atom is -0.493 e. The van der Waals surface area contributed by atoms with E-state index in [-0.39, 0.29) is 50.6 Å². The Balaban J connectivity index is 1.36. The van der Waals surface area contributed by atoms with Crippen LogP contribution in [-0.4, -0.2) is 110 Å². The summed E-state index contributed by atoms with van der Waals surface area (Å²) < 4.78 is 29.1. The van der Waals surface area contributed by atoms with Crippen LogP contribution in [-0.2, 0) is 47.0 Å². The highest BCUT2D eigenvalue weighted by Crippen LogP contribution is 2.66. The lowest BCUT2D eigenvalue weighted by atomic mass is 9.64. The van der Waals surface area contributed by atoms with E-state index < -0.39 is 77.3 Å². The highest BCUT2D eigenvalue weighted by Gasteiger charge is 2.76. The SMILES string of the molecule is COC(=O)[C@@H](NC(=O)N1C(=O)[C@@]2(c3cc(C#CCCO)ccc31)[C@H](c1cccc(OCCO)c1)N1[C@H](c3ccccc3)[C@H](c3ccccc3)OC(=O)[C@H]1[C@@H]2C(=O)N1CCc2cc(OC)c(OC)cc2C1)C(C)C. The van der Waals surface area contributed by atoms with Gasteiger partial charge in [-0.2, -0.15) is 0 Å². The first-order valence-corrected chi connectivity index (χ1v) is 24.3. The number of carbonyl (C=O) groups is 5. The number of carbonyl (C=O) groups excluding carboxylic acids is 5. The number of aliphatic hydroxyl groups is 2. The number of esters is 2. The molecule has 9 rings (SSSR count). The van der Waals surface area contributed by atoms with Gasteiger partial charge in [0.25, 0.3) is 0 Å². The zero-order chi connectivity index (χ0) is 51.6. The third kappa shape index (κ3) is 8.91. The van der Waals surface area contributed by atoms with Crippen molar-refractivity contribution < 1.29 is 57.9 Å². The number of cyclic esters (lactones) is 1. The molecule has 2 saturated heterocycles. The maximum atomic E-state index is 16.9. The Morgan fingerprint density at radius 2 is 1.49 bits per heavy atom. The Labute approximate surface area is 423 Å². The normalized spacial score (nSPS) is 22.3. The molecule has 16 heteroatoms. The van der Waals surface area contributed by atoms with E-state index in [0.717, 1.165) is 16.0 Å². The summed E-state index contributed by atoms with van der Waals surface area (Å²) in [5, 5.41) is 22.4. The van der Waals surface area contributed by atoms with Gasteiger partial charge in [0.1, 0.15) is 36.0 Å². The van der Waals surface area contributed by atoms with Gasteiger partial charge in [0.05, 0.1) is 58.2 Å². The summed E-state index contributed by atoms with van der Waals surface area (Å²) in [6.07, 6.45) is -0.445. The van der Waals surface area contributed by atoms with E-state index in [1.807, 2.05) is 77.7 Å². The van der Waals surface area contributed by atoms with Gasteiger partial charge in [-0.3, -0.25) is 19.3 Å². The van der Waals surface area contributed by atoms with E-state index >= 15 is 19.2 Å². The molecule has 16 nitrogen and oxygen atoms in total. The first-order chi connectivity index (χ1) is 35.4. The molecule has 73 heavy (non-hydrogen) atoms. The van der Waals surface area contributed by atoms with Crippen LogP contribution in [0.1, 0.15) is 77.4 Å². The third-order valence-electron chi connectivity index (χ3n) is 14.4. The summed E-state index contributed by atoms with van der Waals surface area (Å²) >= 11 is 0. The van der Waals surface area contributed by atoms with Crippen LogP contribution >= 0.6 is 0 Å². The first-order valence-electron chi connectivity index (χ1n) is 24.3. The molecule has 378 valence electrons. The molecule has 1 spiro atoms. The average molecular weight is 991 g/mol. The van der Waals surface area contributed by atoms with Crippen molar-refractivity contribution in [3.05, 3.63) is 154 Å². The Morgan fingerprint density at radius 1 is 0.808 bits per heavy atom. The molecule has 4 heterocycles. The summed E-state index contributed by atoms with van der Waals surface area (Å²) in [7, 11) is 4.29. The number of ether oxygens (including phenoxy) is 5. The molecule has 3 N–H and O–H groups in total. The number of hydrogen-bond acceptors (Lipinski definition) is 13. The second-order valence-corrected chi connectivity index (χ2v) is 18.7. The van der Waals surface area contributed by atoms with E-state index in [1.165, 1.54) is 14.2 Å². The Bertz CT molecular complexity index is 2970. The van der Waals surface area contributed by atoms with Gasteiger partial charge in [0.15, 0.2) is 11.5 Å². The molecule has 0 aliphatic carbocycles. The zero-order valence-electron chi connectivity index (χ0n) is 41.3. The number of rotatable bonds is 13. The Kier molecular flexibility index (Phi) is 14.6. The van der Waals surface area contributed by atoms with Crippen molar-refractivity contribution in [3.63, 3.8) is 0 Å². The molecule has 0 radical (unpaired) electrons.